The van der Waals surface area contributed by atoms with E-state index in [0.29, 0.717) is 11.1 Å². The molecule has 0 heterocycles. The van der Waals surface area contributed by atoms with E-state index in [2.05, 4.69) is 16.0 Å². The molecule has 12 N–H and O–H groups in total. The van der Waals surface area contributed by atoms with E-state index in [-0.39, 0.29) is 37.2 Å². The van der Waals surface area contributed by atoms with Crippen molar-refractivity contribution >= 4 is 35.5 Å². The zero-order valence-electron chi connectivity index (χ0n) is 22.5. The van der Waals surface area contributed by atoms with E-state index in [0.717, 1.165) is 0 Å². The molecule has 15 nitrogen and oxygen atoms in total. The molecule has 2 aromatic carbocycles. The van der Waals surface area contributed by atoms with E-state index in [4.69, 9.17) is 17.2 Å². The van der Waals surface area contributed by atoms with Crippen LogP contribution in [0.1, 0.15) is 30.4 Å². The summed E-state index contributed by atoms with van der Waals surface area (Å²) in [7, 11) is 0. The van der Waals surface area contributed by atoms with E-state index in [1.165, 1.54) is 48.5 Å². The van der Waals surface area contributed by atoms with Gasteiger partial charge in [-0.2, -0.15) is 0 Å². The average Bonchev–Trinajstić information content (AvgIpc) is 2.91. The van der Waals surface area contributed by atoms with Gasteiger partial charge in [0.2, 0.25) is 29.5 Å². The quantitative estimate of drug-likeness (QED) is 0.103. The van der Waals surface area contributed by atoms with Gasteiger partial charge in [-0.1, -0.05) is 24.3 Å². The van der Waals surface area contributed by atoms with Crippen LogP contribution in [-0.2, 0) is 41.6 Å². The number of hydrogen-bond donors (Lipinski definition) is 9. The molecule has 5 amide bonds. The molecule has 0 radical (unpaired) electrons. The number of amides is 5. The van der Waals surface area contributed by atoms with Gasteiger partial charge in [0.05, 0.1) is 12.5 Å². The highest BCUT2D eigenvalue weighted by atomic mass is 16.4. The largest absolute Gasteiger partial charge is 0.508 e. The number of rotatable bonds is 16. The standard InChI is InChI=1S/C27H34N6O9/c28-18(13-23(30)37)24(38)32-20(11-14-1-5-16(34)6-2-14)26(40)33-21(12-15-3-7-17(35)8-4-15)25(39)31-19(27(41)42)9-10-22(29)36/h1-8,18-21,34-35H,9-13,28H2,(H2,29,36)(H2,30,37)(H,31,39)(H,32,38)(H,33,40)(H,41,42). The number of hydrogen-bond acceptors (Lipinski definition) is 9. The van der Waals surface area contributed by atoms with Crippen LogP contribution < -0.4 is 33.2 Å². The first kappa shape index (κ1) is 33.0. The van der Waals surface area contributed by atoms with Crippen molar-refractivity contribution in [2.75, 3.05) is 0 Å². The number of nitrogens with two attached hydrogens (primary N) is 3. The summed E-state index contributed by atoms with van der Waals surface area (Å²) >= 11 is 0. The molecule has 226 valence electrons. The molecule has 0 aliphatic rings. The van der Waals surface area contributed by atoms with Gasteiger partial charge in [-0.3, -0.25) is 24.0 Å². The smallest absolute Gasteiger partial charge is 0.326 e. The zero-order valence-corrected chi connectivity index (χ0v) is 22.5. The lowest BCUT2D eigenvalue weighted by Gasteiger charge is -2.25. The highest BCUT2D eigenvalue weighted by Crippen LogP contribution is 2.14. The number of carboxylic acid groups (broad SMARTS) is 1. The molecule has 0 bridgehead atoms. The third kappa shape index (κ3) is 11.1. The van der Waals surface area contributed by atoms with Crippen LogP contribution >= 0.6 is 0 Å². The van der Waals surface area contributed by atoms with Crippen molar-refractivity contribution < 1.29 is 44.1 Å². The van der Waals surface area contributed by atoms with Gasteiger partial charge in [0.1, 0.15) is 29.6 Å². The lowest BCUT2D eigenvalue weighted by Crippen LogP contribution is -2.58. The van der Waals surface area contributed by atoms with Gasteiger partial charge in [-0.25, -0.2) is 4.79 Å². The van der Waals surface area contributed by atoms with Crippen molar-refractivity contribution in [3.05, 3.63) is 59.7 Å². The molecule has 0 aliphatic carbocycles. The summed E-state index contributed by atoms with van der Waals surface area (Å²) in [6.07, 6.45) is -1.38. The summed E-state index contributed by atoms with van der Waals surface area (Å²) in [5.74, 6) is -5.77. The third-order valence-corrected chi connectivity index (χ3v) is 6.07. The Morgan fingerprint density at radius 1 is 0.643 bits per heavy atom. The highest BCUT2D eigenvalue weighted by molar-refractivity contribution is 5.95. The fourth-order valence-corrected chi connectivity index (χ4v) is 3.83. The maximum absolute atomic E-state index is 13.5. The van der Waals surface area contributed by atoms with Crippen molar-refractivity contribution in [3.63, 3.8) is 0 Å². The van der Waals surface area contributed by atoms with Crippen molar-refractivity contribution in [2.45, 2.75) is 56.3 Å². The Hall–Kier alpha value is -5.18. The Morgan fingerprint density at radius 2 is 1.05 bits per heavy atom. The second kappa shape index (κ2) is 15.6. The van der Waals surface area contributed by atoms with Crippen LogP contribution in [-0.4, -0.2) is 75.0 Å². The van der Waals surface area contributed by atoms with Crippen LogP contribution in [0.4, 0.5) is 0 Å². The lowest BCUT2D eigenvalue weighted by atomic mass is 10.0. The van der Waals surface area contributed by atoms with E-state index in [1.54, 1.807) is 0 Å². The van der Waals surface area contributed by atoms with Gasteiger partial charge in [0, 0.05) is 19.3 Å². The number of carbonyl (C=O) groups is 6. The number of carbonyl (C=O) groups excluding carboxylic acids is 5. The van der Waals surface area contributed by atoms with Gasteiger partial charge in [0.25, 0.3) is 0 Å². The van der Waals surface area contributed by atoms with Crippen molar-refractivity contribution in [1.82, 2.24) is 16.0 Å². The molecule has 2 rings (SSSR count). The summed E-state index contributed by atoms with van der Waals surface area (Å²) in [5.41, 5.74) is 16.9. The monoisotopic (exact) mass is 586 g/mol. The number of aromatic hydroxyl groups is 2. The van der Waals surface area contributed by atoms with Crippen molar-refractivity contribution in [2.24, 2.45) is 17.2 Å². The molecular weight excluding hydrogens is 552 g/mol. The minimum Gasteiger partial charge on any atom is -0.508 e. The molecule has 0 aromatic heterocycles. The number of benzene rings is 2. The van der Waals surface area contributed by atoms with Crippen molar-refractivity contribution in [1.29, 1.82) is 0 Å². The van der Waals surface area contributed by atoms with Gasteiger partial charge in [-0.15, -0.1) is 0 Å². The first-order valence-corrected chi connectivity index (χ1v) is 12.8. The van der Waals surface area contributed by atoms with E-state index in [1.807, 2.05) is 0 Å². The predicted molar refractivity (Wildman–Crippen MR) is 147 cm³/mol. The molecule has 0 spiro atoms. The maximum atomic E-state index is 13.5. The SMILES string of the molecule is NC(=O)CCC(NC(=O)C(Cc1ccc(O)cc1)NC(=O)C(Cc1ccc(O)cc1)NC(=O)C(N)CC(N)=O)C(=O)O. The normalized spacial score (nSPS) is 13.5. The van der Waals surface area contributed by atoms with Gasteiger partial charge in [0.15, 0.2) is 0 Å². The van der Waals surface area contributed by atoms with E-state index >= 15 is 0 Å². The molecule has 4 atom stereocenters. The first-order chi connectivity index (χ1) is 19.7. The third-order valence-electron chi connectivity index (χ3n) is 6.07. The Morgan fingerprint density at radius 3 is 1.43 bits per heavy atom. The van der Waals surface area contributed by atoms with Crippen LogP contribution in [0.15, 0.2) is 48.5 Å². The fraction of sp³-hybridized carbons (Fsp3) is 0.333. The molecular formula is C27H34N6O9. The summed E-state index contributed by atoms with van der Waals surface area (Å²) in [6, 6.07) is 5.85. The Labute approximate surface area is 240 Å². The maximum Gasteiger partial charge on any atom is 0.326 e. The number of aliphatic carboxylic acids is 1. The minimum atomic E-state index is -1.50. The predicted octanol–water partition coefficient (Wildman–Crippen LogP) is -2.11. The molecule has 42 heavy (non-hydrogen) atoms. The summed E-state index contributed by atoms with van der Waals surface area (Å²) in [5, 5.41) is 35.9. The van der Waals surface area contributed by atoms with Crippen LogP contribution in [0.2, 0.25) is 0 Å². The van der Waals surface area contributed by atoms with Gasteiger partial charge >= 0.3 is 5.97 Å². The van der Waals surface area contributed by atoms with Crippen LogP contribution in [0.25, 0.3) is 0 Å². The summed E-state index contributed by atoms with van der Waals surface area (Å²) in [4.78, 5) is 73.5. The summed E-state index contributed by atoms with van der Waals surface area (Å²) in [6.45, 7) is 0. The fourth-order valence-electron chi connectivity index (χ4n) is 3.83. The van der Waals surface area contributed by atoms with E-state index in [9.17, 15) is 44.1 Å². The van der Waals surface area contributed by atoms with Gasteiger partial charge < -0.3 is 48.5 Å². The lowest BCUT2D eigenvalue weighted by molar-refractivity contribution is -0.142. The highest BCUT2D eigenvalue weighted by Gasteiger charge is 2.31. The first-order valence-electron chi connectivity index (χ1n) is 12.8. The number of primary amides is 2. The van der Waals surface area contributed by atoms with E-state index < -0.39 is 66.1 Å². The van der Waals surface area contributed by atoms with Crippen molar-refractivity contribution in [3.8, 4) is 11.5 Å². The Bertz CT molecular complexity index is 1280. The van der Waals surface area contributed by atoms with Gasteiger partial charge in [-0.05, 0) is 41.8 Å². The zero-order chi connectivity index (χ0) is 31.4. The second-order valence-electron chi connectivity index (χ2n) is 9.54. The molecule has 0 saturated heterocycles. The number of carboxylic acids is 1. The molecule has 15 heteroatoms. The molecule has 0 saturated carbocycles. The Balaban J connectivity index is 2.34. The summed E-state index contributed by atoms with van der Waals surface area (Å²) < 4.78 is 0. The minimum absolute atomic E-state index is 0.0396. The van der Waals surface area contributed by atoms with Crippen LogP contribution in [0, 0.1) is 0 Å². The molecule has 4 unspecified atom stereocenters. The molecule has 0 aliphatic heterocycles. The Kier molecular flexibility index (Phi) is 12.2. The number of phenolic OH excluding ortho intramolecular Hbond substituents is 2. The number of nitrogens with one attached hydrogen (secondary N) is 3. The van der Waals surface area contributed by atoms with Crippen LogP contribution in [0.5, 0.6) is 11.5 Å². The second-order valence-corrected chi connectivity index (χ2v) is 9.54. The average molecular weight is 587 g/mol. The molecule has 0 fully saturated rings. The van der Waals surface area contributed by atoms with Crippen LogP contribution in [0.3, 0.4) is 0 Å². The molecule has 2 aromatic rings. The topological polar surface area (TPSA) is 277 Å². The number of phenols is 2.